The SMILES string of the molecule is COc1ccc(/C=N\NC(=S)Nc2cccc(C(=O)O)c2)cc1. The standard InChI is InChI=1S/C16H15N3O3S/c1-22-14-7-5-11(6-8-14)10-17-19-16(23)18-13-4-2-3-12(9-13)15(20)21/h2-10H,1H3,(H,20,21)(H2,18,19,23)/b17-10-. The van der Waals surface area contributed by atoms with Gasteiger partial charge in [0.1, 0.15) is 5.75 Å². The average molecular weight is 329 g/mol. The summed E-state index contributed by atoms with van der Waals surface area (Å²) in [5.41, 5.74) is 4.30. The number of hydrogen-bond donors (Lipinski definition) is 3. The molecule has 6 nitrogen and oxygen atoms in total. The Hall–Kier alpha value is -2.93. The minimum absolute atomic E-state index is 0.180. The monoisotopic (exact) mass is 329 g/mol. The van der Waals surface area contributed by atoms with Crippen molar-refractivity contribution < 1.29 is 14.6 Å². The van der Waals surface area contributed by atoms with E-state index in [0.29, 0.717) is 5.69 Å². The van der Waals surface area contributed by atoms with Crippen LogP contribution in [-0.4, -0.2) is 29.5 Å². The Labute approximate surface area is 138 Å². The first-order valence-electron chi connectivity index (χ1n) is 6.66. The van der Waals surface area contributed by atoms with Crippen molar-refractivity contribution in [3.05, 3.63) is 59.7 Å². The Balaban J connectivity index is 1.90. The molecule has 118 valence electrons. The number of anilines is 1. The van der Waals surface area contributed by atoms with E-state index < -0.39 is 5.97 Å². The highest BCUT2D eigenvalue weighted by Crippen LogP contribution is 2.11. The van der Waals surface area contributed by atoms with Crippen molar-refractivity contribution in [1.29, 1.82) is 0 Å². The van der Waals surface area contributed by atoms with Gasteiger partial charge in [0, 0.05) is 5.69 Å². The maximum Gasteiger partial charge on any atom is 0.335 e. The summed E-state index contributed by atoms with van der Waals surface area (Å²) in [4.78, 5) is 10.9. The van der Waals surface area contributed by atoms with Crippen molar-refractivity contribution in [2.45, 2.75) is 0 Å². The number of nitrogens with one attached hydrogen (secondary N) is 2. The van der Waals surface area contributed by atoms with Crippen LogP contribution < -0.4 is 15.5 Å². The molecule has 0 spiro atoms. The number of carboxylic acid groups (broad SMARTS) is 1. The van der Waals surface area contributed by atoms with Crippen molar-refractivity contribution in [1.82, 2.24) is 5.43 Å². The quantitative estimate of drug-likeness (QED) is 0.444. The fraction of sp³-hybridized carbons (Fsp3) is 0.0625. The highest BCUT2D eigenvalue weighted by atomic mass is 32.1. The molecule has 0 heterocycles. The smallest absolute Gasteiger partial charge is 0.335 e. The fourth-order valence-electron chi connectivity index (χ4n) is 1.74. The van der Waals surface area contributed by atoms with Crippen LogP contribution in [0.3, 0.4) is 0 Å². The fourth-order valence-corrected chi connectivity index (χ4v) is 1.91. The van der Waals surface area contributed by atoms with E-state index in [-0.39, 0.29) is 10.7 Å². The van der Waals surface area contributed by atoms with Crippen molar-refractivity contribution in [2.75, 3.05) is 12.4 Å². The van der Waals surface area contributed by atoms with Crippen molar-refractivity contribution >= 4 is 35.2 Å². The molecule has 0 aliphatic carbocycles. The van der Waals surface area contributed by atoms with Gasteiger partial charge in [0.15, 0.2) is 5.11 Å². The molecule has 0 saturated carbocycles. The molecule has 2 aromatic rings. The van der Waals surface area contributed by atoms with E-state index in [4.69, 9.17) is 22.1 Å². The summed E-state index contributed by atoms with van der Waals surface area (Å²) in [5.74, 6) is -0.226. The van der Waals surface area contributed by atoms with Crippen molar-refractivity contribution in [3.8, 4) is 5.75 Å². The largest absolute Gasteiger partial charge is 0.497 e. The molecule has 0 aliphatic heterocycles. The first-order valence-corrected chi connectivity index (χ1v) is 7.07. The number of carboxylic acids is 1. The number of aromatic carboxylic acids is 1. The molecule has 0 amide bonds. The molecular formula is C16H15N3O3S. The van der Waals surface area contributed by atoms with E-state index in [1.807, 2.05) is 24.3 Å². The van der Waals surface area contributed by atoms with E-state index in [9.17, 15) is 4.79 Å². The first-order chi connectivity index (χ1) is 11.1. The number of benzene rings is 2. The van der Waals surface area contributed by atoms with Crippen LogP contribution in [0.15, 0.2) is 53.6 Å². The number of methoxy groups -OCH3 is 1. The predicted molar refractivity (Wildman–Crippen MR) is 93.3 cm³/mol. The summed E-state index contributed by atoms with van der Waals surface area (Å²) in [6.45, 7) is 0. The zero-order valence-electron chi connectivity index (χ0n) is 12.3. The Kier molecular flexibility index (Phi) is 5.65. The molecule has 3 N–H and O–H groups in total. The number of nitrogens with zero attached hydrogens (tertiary/aromatic N) is 1. The predicted octanol–water partition coefficient (Wildman–Crippen LogP) is 2.71. The third-order valence-corrected chi connectivity index (χ3v) is 3.06. The van der Waals surface area contributed by atoms with Crippen LogP contribution in [0.2, 0.25) is 0 Å². The second-order valence-electron chi connectivity index (χ2n) is 4.48. The third-order valence-electron chi connectivity index (χ3n) is 2.86. The summed E-state index contributed by atoms with van der Waals surface area (Å²) in [6.07, 6.45) is 1.61. The highest BCUT2D eigenvalue weighted by molar-refractivity contribution is 7.80. The van der Waals surface area contributed by atoms with Gasteiger partial charge in [-0.15, -0.1) is 0 Å². The Morgan fingerprint density at radius 3 is 2.65 bits per heavy atom. The molecule has 0 aromatic heterocycles. The maximum atomic E-state index is 10.9. The second-order valence-corrected chi connectivity index (χ2v) is 4.89. The normalized spacial score (nSPS) is 10.3. The molecule has 23 heavy (non-hydrogen) atoms. The zero-order chi connectivity index (χ0) is 16.7. The Morgan fingerprint density at radius 2 is 2.00 bits per heavy atom. The Bertz CT molecular complexity index is 730. The van der Waals surface area contributed by atoms with E-state index in [0.717, 1.165) is 11.3 Å². The van der Waals surface area contributed by atoms with E-state index in [1.54, 1.807) is 25.5 Å². The van der Waals surface area contributed by atoms with Crippen LogP contribution in [0.5, 0.6) is 5.75 Å². The topological polar surface area (TPSA) is 83.0 Å². The summed E-state index contributed by atoms with van der Waals surface area (Å²) in [5, 5.41) is 16.1. The number of hydrazone groups is 1. The summed E-state index contributed by atoms with van der Waals surface area (Å²) in [7, 11) is 1.61. The van der Waals surface area contributed by atoms with Crippen LogP contribution in [0.1, 0.15) is 15.9 Å². The maximum absolute atomic E-state index is 10.9. The van der Waals surface area contributed by atoms with Crippen molar-refractivity contribution in [2.24, 2.45) is 5.10 Å². The van der Waals surface area contributed by atoms with Gasteiger partial charge in [-0.3, -0.25) is 5.43 Å². The first kappa shape index (κ1) is 16.4. The van der Waals surface area contributed by atoms with E-state index in [2.05, 4.69) is 15.8 Å². The average Bonchev–Trinajstić information content (AvgIpc) is 2.55. The van der Waals surface area contributed by atoms with Gasteiger partial charge in [0.05, 0.1) is 18.9 Å². The lowest BCUT2D eigenvalue weighted by molar-refractivity contribution is 0.0697. The minimum Gasteiger partial charge on any atom is -0.497 e. The second kappa shape index (κ2) is 7.90. The number of hydrogen-bond acceptors (Lipinski definition) is 4. The summed E-state index contributed by atoms with van der Waals surface area (Å²) < 4.78 is 5.07. The molecular weight excluding hydrogens is 314 g/mol. The van der Waals surface area contributed by atoms with Gasteiger partial charge in [0.25, 0.3) is 0 Å². The number of thiocarbonyl (C=S) groups is 1. The van der Waals surface area contributed by atoms with Crippen LogP contribution in [-0.2, 0) is 0 Å². The molecule has 0 bridgehead atoms. The van der Waals surface area contributed by atoms with Crippen LogP contribution in [0.25, 0.3) is 0 Å². The number of ether oxygens (including phenoxy) is 1. The van der Waals surface area contributed by atoms with Crippen LogP contribution >= 0.6 is 12.2 Å². The highest BCUT2D eigenvalue weighted by Gasteiger charge is 2.03. The molecule has 7 heteroatoms. The lowest BCUT2D eigenvalue weighted by Gasteiger charge is -2.07. The number of rotatable bonds is 5. The third kappa shape index (κ3) is 5.08. The molecule has 0 radical (unpaired) electrons. The van der Waals surface area contributed by atoms with E-state index in [1.165, 1.54) is 12.1 Å². The molecule has 2 rings (SSSR count). The van der Waals surface area contributed by atoms with Crippen LogP contribution in [0, 0.1) is 0 Å². The van der Waals surface area contributed by atoms with Gasteiger partial charge in [-0.25, -0.2) is 4.79 Å². The molecule has 0 unspecified atom stereocenters. The van der Waals surface area contributed by atoms with Gasteiger partial charge in [-0.05, 0) is 60.2 Å². The van der Waals surface area contributed by atoms with Gasteiger partial charge >= 0.3 is 5.97 Å². The van der Waals surface area contributed by atoms with E-state index >= 15 is 0 Å². The summed E-state index contributed by atoms with van der Waals surface area (Å²) >= 11 is 5.10. The van der Waals surface area contributed by atoms with Crippen LogP contribution in [0.4, 0.5) is 5.69 Å². The summed E-state index contributed by atoms with van der Waals surface area (Å²) in [6, 6.07) is 13.7. The molecule has 0 fully saturated rings. The minimum atomic E-state index is -0.995. The van der Waals surface area contributed by atoms with Gasteiger partial charge in [-0.1, -0.05) is 6.07 Å². The number of carbonyl (C=O) groups is 1. The Morgan fingerprint density at radius 1 is 1.26 bits per heavy atom. The lowest BCUT2D eigenvalue weighted by Crippen LogP contribution is -2.24. The molecule has 0 saturated heterocycles. The molecule has 0 atom stereocenters. The molecule has 2 aromatic carbocycles. The molecule has 0 aliphatic rings. The van der Waals surface area contributed by atoms with Gasteiger partial charge in [-0.2, -0.15) is 5.10 Å². The van der Waals surface area contributed by atoms with Crippen molar-refractivity contribution in [3.63, 3.8) is 0 Å². The zero-order valence-corrected chi connectivity index (χ0v) is 13.1. The lowest BCUT2D eigenvalue weighted by atomic mass is 10.2. The van der Waals surface area contributed by atoms with Gasteiger partial charge in [0.2, 0.25) is 0 Å². The van der Waals surface area contributed by atoms with Gasteiger partial charge < -0.3 is 15.2 Å².